The molecule has 2 atom stereocenters. The standard InChI is InChI=1S/C9H15N3O4S/c13-8-2-1-7(9(14)11-8)12-17(15,16)6-3-4-10-5-6/h6-7,10,12H,1-5H2,(H,11,13,14). The molecule has 2 fully saturated rings. The van der Waals surface area contributed by atoms with Gasteiger partial charge in [-0.05, 0) is 19.4 Å². The molecule has 2 rings (SSSR count). The fourth-order valence-corrected chi connectivity index (χ4v) is 3.57. The van der Waals surface area contributed by atoms with E-state index in [4.69, 9.17) is 0 Å². The molecule has 0 aromatic carbocycles. The zero-order chi connectivity index (χ0) is 12.5. The van der Waals surface area contributed by atoms with Gasteiger partial charge in [-0.25, -0.2) is 13.1 Å². The van der Waals surface area contributed by atoms with E-state index < -0.39 is 27.2 Å². The van der Waals surface area contributed by atoms with Gasteiger partial charge in [0, 0.05) is 13.0 Å². The third-order valence-corrected chi connectivity index (χ3v) is 4.89. The zero-order valence-corrected chi connectivity index (χ0v) is 10.0. The molecule has 2 unspecified atom stereocenters. The normalized spacial score (nSPS) is 30.4. The van der Waals surface area contributed by atoms with Crippen LogP contribution in [0.2, 0.25) is 0 Å². The molecule has 7 nitrogen and oxygen atoms in total. The predicted octanol–water partition coefficient (Wildman–Crippen LogP) is -1.93. The summed E-state index contributed by atoms with van der Waals surface area (Å²) in [7, 11) is -3.49. The highest BCUT2D eigenvalue weighted by atomic mass is 32.2. The first-order valence-corrected chi connectivity index (χ1v) is 7.09. The quantitative estimate of drug-likeness (QED) is 0.513. The molecule has 0 saturated carbocycles. The number of amides is 2. The summed E-state index contributed by atoms with van der Waals surface area (Å²) in [6, 6.07) is -0.821. The van der Waals surface area contributed by atoms with Gasteiger partial charge in [0.2, 0.25) is 21.8 Å². The Kier molecular flexibility index (Phi) is 3.45. The number of sulfonamides is 1. The van der Waals surface area contributed by atoms with E-state index in [1.165, 1.54) is 0 Å². The second kappa shape index (κ2) is 4.71. The highest BCUT2D eigenvalue weighted by Crippen LogP contribution is 2.12. The maximum Gasteiger partial charge on any atom is 0.244 e. The predicted molar refractivity (Wildman–Crippen MR) is 59.5 cm³/mol. The van der Waals surface area contributed by atoms with Gasteiger partial charge in [0.05, 0.1) is 5.25 Å². The van der Waals surface area contributed by atoms with Gasteiger partial charge in [0.25, 0.3) is 0 Å². The maximum atomic E-state index is 11.9. The van der Waals surface area contributed by atoms with Gasteiger partial charge in [-0.15, -0.1) is 0 Å². The Labute approximate surface area is 99.4 Å². The van der Waals surface area contributed by atoms with E-state index in [1.807, 2.05) is 0 Å². The molecular weight excluding hydrogens is 246 g/mol. The van der Waals surface area contributed by atoms with Crippen molar-refractivity contribution in [3.63, 3.8) is 0 Å². The van der Waals surface area contributed by atoms with Crippen molar-refractivity contribution in [2.75, 3.05) is 13.1 Å². The Bertz CT molecular complexity index is 428. The number of carbonyl (C=O) groups is 2. The maximum absolute atomic E-state index is 11.9. The average Bonchev–Trinajstić information content (AvgIpc) is 2.76. The van der Waals surface area contributed by atoms with Crippen LogP contribution in [-0.4, -0.2) is 44.6 Å². The molecule has 2 heterocycles. The number of hydrogen-bond donors (Lipinski definition) is 3. The average molecular weight is 261 g/mol. The molecule has 3 N–H and O–H groups in total. The lowest BCUT2D eigenvalue weighted by Gasteiger charge is -2.23. The molecule has 2 aliphatic rings. The van der Waals surface area contributed by atoms with E-state index in [2.05, 4.69) is 15.4 Å². The number of carbonyl (C=O) groups excluding carboxylic acids is 2. The van der Waals surface area contributed by atoms with Crippen LogP contribution in [0, 0.1) is 0 Å². The minimum Gasteiger partial charge on any atom is -0.315 e. The van der Waals surface area contributed by atoms with Crippen molar-refractivity contribution in [3.8, 4) is 0 Å². The van der Waals surface area contributed by atoms with Crippen LogP contribution in [0.15, 0.2) is 0 Å². The van der Waals surface area contributed by atoms with Crippen molar-refractivity contribution < 1.29 is 18.0 Å². The SMILES string of the molecule is O=C1CCC(NS(=O)(=O)C2CCNC2)C(=O)N1. The van der Waals surface area contributed by atoms with E-state index in [0.717, 1.165) is 0 Å². The van der Waals surface area contributed by atoms with E-state index in [9.17, 15) is 18.0 Å². The third-order valence-electron chi connectivity index (χ3n) is 3.00. The number of nitrogens with one attached hydrogen (secondary N) is 3. The highest BCUT2D eigenvalue weighted by Gasteiger charge is 2.35. The lowest BCUT2D eigenvalue weighted by atomic mass is 10.1. The Morgan fingerprint density at radius 3 is 2.59 bits per heavy atom. The minimum atomic E-state index is -3.49. The van der Waals surface area contributed by atoms with Crippen LogP contribution in [0.5, 0.6) is 0 Å². The third kappa shape index (κ3) is 2.82. The van der Waals surface area contributed by atoms with Crippen LogP contribution in [0.3, 0.4) is 0 Å². The lowest BCUT2D eigenvalue weighted by molar-refractivity contribution is -0.134. The molecular formula is C9H15N3O4S. The molecule has 8 heteroatoms. The molecule has 2 saturated heterocycles. The summed E-state index contributed by atoms with van der Waals surface area (Å²) in [4.78, 5) is 22.3. The molecule has 0 aromatic heterocycles. The van der Waals surface area contributed by atoms with Gasteiger partial charge in [0.1, 0.15) is 6.04 Å². The Morgan fingerprint density at radius 2 is 2.00 bits per heavy atom. The van der Waals surface area contributed by atoms with Crippen LogP contribution in [0.25, 0.3) is 0 Å². The van der Waals surface area contributed by atoms with Gasteiger partial charge in [-0.1, -0.05) is 0 Å². The monoisotopic (exact) mass is 261 g/mol. The fraction of sp³-hybridized carbons (Fsp3) is 0.778. The smallest absolute Gasteiger partial charge is 0.244 e. The molecule has 17 heavy (non-hydrogen) atoms. The molecule has 96 valence electrons. The van der Waals surface area contributed by atoms with Crippen molar-refractivity contribution in [2.24, 2.45) is 0 Å². The van der Waals surface area contributed by atoms with Crippen molar-refractivity contribution in [2.45, 2.75) is 30.6 Å². The first-order chi connectivity index (χ1) is 7.99. The zero-order valence-electron chi connectivity index (χ0n) is 9.23. The Balaban J connectivity index is 2.00. The molecule has 0 aromatic rings. The van der Waals surface area contributed by atoms with Gasteiger partial charge < -0.3 is 5.32 Å². The molecule has 0 aliphatic carbocycles. The summed E-state index contributed by atoms with van der Waals surface area (Å²) in [5.74, 6) is -0.913. The van der Waals surface area contributed by atoms with Crippen molar-refractivity contribution in [3.05, 3.63) is 0 Å². The number of piperidine rings is 1. The number of rotatable bonds is 3. The number of hydrogen-bond acceptors (Lipinski definition) is 5. The van der Waals surface area contributed by atoms with Crippen LogP contribution in [0.4, 0.5) is 0 Å². The molecule has 2 aliphatic heterocycles. The van der Waals surface area contributed by atoms with E-state index in [-0.39, 0.29) is 18.7 Å². The summed E-state index contributed by atoms with van der Waals surface area (Å²) in [5, 5.41) is 4.59. The summed E-state index contributed by atoms with van der Waals surface area (Å²) >= 11 is 0. The van der Waals surface area contributed by atoms with Crippen LogP contribution >= 0.6 is 0 Å². The molecule has 0 radical (unpaired) electrons. The second-order valence-electron chi connectivity index (χ2n) is 4.28. The highest BCUT2D eigenvalue weighted by molar-refractivity contribution is 7.90. The van der Waals surface area contributed by atoms with Crippen LogP contribution < -0.4 is 15.4 Å². The van der Waals surface area contributed by atoms with Gasteiger partial charge in [-0.2, -0.15) is 0 Å². The fourth-order valence-electron chi connectivity index (χ4n) is 1.99. The van der Waals surface area contributed by atoms with Gasteiger partial charge >= 0.3 is 0 Å². The van der Waals surface area contributed by atoms with Gasteiger partial charge in [0.15, 0.2) is 0 Å². The van der Waals surface area contributed by atoms with E-state index in [1.54, 1.807) is 0 Å². The van der Waals surface area contributed by atoms with Crippen molar-refractivity contribution >= 4 is 21.8 Å². The first kappa shape index (κ1) is 12.5. The Hall–Kier alpha value is -0.990. The Morgan fingerprint density at radius 1 is 1.24 bits per heavy atom. The minimum absolute atomic E-state index is 0.168. The van der Waals surface area contributed by atoms with Crippen LogP contribution in [0.1, 0.15) is 19.3 Å². The van der Waals surface area contributed by atoms with Crippen molar-refractivity contribution in [1.82, 2.24) is 15.4 Å². The van der Waals surface area contributed by atoms with Crippen molar-refractivity contribution in [1.29, 1.82) is 0 Å². The first-order valence-electron chi connectivity index (χ1n) is 5.54. The largest absolute Gasteiger partial charge is 0.315 e. The topological polar surface area (TPSA) is 104 Å². The summed E-state index contributed by atoms with van der Waals surface area (Å²) < 4.78 is 26.2. The molecule has 0 bridgehead atoms. The summed E-state index contributed by atoms with van der Waals surface area (Å²) in [6.07, 6.45) is 0.939. The second-order valence-corrected chi connectivity index (χ2v) is 6.27. The molecule has 2 amide bonds. The van der Waals surface area contributed by atoms with E-state index >= 15 is 0 Å². The number of imide groups is 1. The van der Waals surface area contributed by atoms with Crippen LogP contribution in [-0.2, 0) is 19.6 Å². The summed E-state index contributed by atoms with van der Waals surface area (Å²) in [6.45, 7) is 1.07. The molecule has 0 spiro atoms. The lowest BCUT2D eigenvalue weighted by Crippen LogP contribution is -2.54. The summed E-state index contributed by atoms with van der Waals surface area (Å²) in [5.41, 5.74) is 0. The van der Waals surface area contributed by atoms with E-state index in [0.29, 0.717) is 19.5 Å². The van der Waals surface area contributed by atoms with Gasteiger partial charge in [-0.3, -0.25) is 14.9 Å².